The van der Waals surface area contributed by atoms with E-state index in [1.165, 1.54) is 11.9 Å². The molecule has 6 heteroatoms. The lowest BCUT2D eigenvalue weighted by molar-refractivity contribution is -0.138. The molecule has 0 aromatic carbocycles. The van der Waals surface area contributed by atoms with Gasteiger partial charge in [0.15, 0.2) is 0 Å². The van der Waals surface area contributed by atoms with Gasteiger partial charge in [0.05, 0.1) is 12.6 Å². The molecular weight excluding hydrogens is 194 g/mol. The molecule has 1 heterocycles. The highest BCUT2D eigenvalue weighted by Crippen LogP contribution is 2.27. The van der Waals surface area contributed by atoms with Crippen LogP contribution in [0.2, 0.25) is 0 Å². The van der Waals surface area contributed by atoms with Crippen molar-refractivity contribution in [1.82, 2.24) is 10.2 Å². The molecule has 1 unspecified atom stereocenters. The van der Waals surface area contributed by atoms with Gasteiger partial charge in [0, 0.05) is 19.5 Å². The normalized spacial score (nSPS) is 25.6. The molecule has 1 fully saturated rings. The predicted octanol–water partition coefficient (Wildman–Crippen LogP) is 0.0000000000000000555. The molecule has 1 aliphatic heterocycles. The van der Waals surface area contributed by atoms with Crippen molar-refractivity contribution in [3.05, 3.63) is 0 Å². The number of carboxylic acid groups (broad SMARTS) is 1. The Kier molecular flexibility index (Phi) is 3.38. The van der Waals surface area contributed by atoms with Crippen molar-refractivity contribution >= 4 is 5.97 Å². The lowest BCUT2D eigenvalue weighted by atomic mass is 10.1. The summed E-state index contributed by atoms with van der Waals surface area (Å²) in [5.41, 5.74) is 0. The monoisotopic (exact) mass is 208 g/mol. The average Bonchev–Trinajstić information content (AvgIpc) is 2.29. The summed E-state index contributed by atoms with van der Waals surface area (Å²) in [7, 11) is 1.52. The van der Waals surface area contributed by atoms with E-state index in [1.54, 1.807) is 0 Å². The molecule has 0 aromatic heterocycles. The van der Waals surface area contributed by atoms with Crippen molar-refractivity contribution < 1.29 is 18.7 Å². The Morgan fingerprint density at radius 3 is 2.79 bits per heavy atom. The number of halogens is 2. The Morgan fingerprint density at radius 1 is 1.71 bits per heavy atom. The van der Waals surface area contributed by atoms with Crippen molar-refractivity contribution in [2.75, 3.05) is 26.7 Å². The highest BCUT2D eigenvalue weighted by Gasteiger charge is 2.43. The summed E-state index contributed by atoms with van der Waals surface area (Å²) < 4.78 is 26.1. The quantitative estimate of drug-likeness (QED) is 0.682. The molecule has 1 saturated heterocycles. The number of likely N-dealkylation sites (N-methyl/N-ethyl adjacent to an activating group) is 1. The largest absolute Gasteiger partial charge is 0.480 e. The van der Waals surface area contributed by atoms with Gasteiger partial charge in [-0.1, -0.05) is 0 Å². The fourth-order valence-corrected chi connectivity index (χ4v) is 1.54. The maximum absolute atomic E-state index is 13.1. The van der Waals surface area contributed by atoms with Gasteiger partial charge in [0.1, 0.15) is 0 Å². The van der Waals surface area contributed by atoms with Crippen LogP contribution in [0, 0.1) is 0 Å². The fraction of sp³-hybridized carbons (Fsp3) is 0.875. The van der Waals surface area contributed by atoms with Crippen molar-refractivity contribution in [2.45, 2.75) is 18.4 Å². The molecule has 0 aliphatic carbocycles. The minimum atomic E-state index is -2.72. The van der Waals surface area contributed by atoms with Crippen LogP contribution < -0.4 is 5.32 Å². The van der Waals surface area contributed by atoms with Gasteiger partial charge in [-0.25, -0.2) is 8.78 Å². The Balaban J connectivity index is 2.40. The topological polar surface area (TPSA) is 52.6 Å². The smallest absolute Gasteiger partial charge is 0.317 e. The summed E-state index contributed by atoms with van der Waals surface area (Å²) in [6, 6.07) is -0.924. The van der Waals surface area contributed by atoms with Gasteiger partial charge in [-0.05, 0) is 7.05 Å². The van der Waals surface area contributed by atoms with E-state index in [4.69, 9.17) is 5.11 Å². The van der Waals surface area contributed by atoms with Gasteiger partial charge in [-0.15, -0.1) is 0 Å². The van der Waals surface area contributed by atoms with Crippen LogP contribution in [-0.2, 0) is 4.79 Å². The van der Waals surface area contributed by atoms with Crippen LogP contribution in [-0.4, -0.2) is 54.6 Å². The number of nitrogens with zero attached hydrogens (tertiary/aromatic N) is 1. The van der Waals surface area contributed by atoms with Gasteiger partial charge in [0.2, 0.25) is 0 Å². The molecule has 2 N–H and O–H groups in total. The first-order chi connectivity index (χ1) is 6.42. The number of hydrogen-bond donors (Lipinski definition) is 2. The molecule has 0 saturated carbocycles. The van der Waals surface area contributed by atoms with Crippen molar-refractivity contribution in [3.63, 3.8) is 0 Å². The summed E-state index contributed by atoms with van der Waals surface area (Å²) >= 11 is 0. The molecule has 0 spiro atoms. The van der Waals surface area contributed by atoms with Crippen molar-refractivity contribution in [3.8, 4) is 0 Å². The second kappa shape index (κ2) is 4.18. The first-order valence-electron chi connectivity index (χ1n) is 4.43. The van der Waals surface area contributed by atoms with E-state index in [1.807, 2.05) is 0 Å². The number of nitrogens with one attached hydrogen (secondary N) is 1. The number of carboxylic acids is 1. The molecule has 1 atom stereocenters. The predicted molar refractivity (Wildman–Crippen MR) is 46.5 cm³/mol. The lowest BCUT2D eigenvalue weighted by Gasteiger charge is -2.23. The molecule has 1 aliphatic rings. The third kappa shape index (κ3) is 2.88. The van der Waals surface area contributed by atoms with E-state index in [-0.39, 0.29) is 19.5 Å². The van der Waals surface area contributed by atoms with Gasteiger partial charge < -0.3 is 10.4 Å². The maximum atomic E-state index is 13.1. The van der Waals surface area contributed by atoms with Crippen LogP contribution in [0.4, 0.5) is 8.78 Å². The van der Waals surface area contributed by atoms with E-state index < -0.39 is 17.9 Å². The molecule has 4 nitrogen and oxygen atoms in total. The SMILES string of the molecule is CN(CC(=O)O)CC1NCCC1(F)F. The standard InChI is InChI=1S/C8H14F2N2O2/c1-12(5-7(13)14)4-6-8(9,10)2-3-11-6/h6,11H,2-5H2,1H3,(H,13,14). The Morgan fingerprint density at radius 2 is 2.36 bits per heavy atom. The Bertz CT molecular complexity index is 223. The minimum absolute atomic E-state index is 0.0549. The van der Waals surface area contributed by atoms with Gasteiger partial charge in [0.25, 0.3) is 5.92 Å². The van der Waals surface area contributed by atoms with E-state index in [0.717, 1.165) is 0 Å². The van der Waals surface area contributed by atoms with Crippen LogP contribution in [0.1, 0.15) is 6.42 Å². The molecule has 1 rings (SSSR count). The molecule has 0 amide bonds. The summed E-state index contributed by atoms with van der Waals surface area (Å²) in [4.78, 5) is 11.7. The summed E-state index contributed by atoms with van der Waals surface area (Å²) in [5, 5.41) is 11.1. The van der Waals surface area contributed by atoms with Gasteiger partial charge in [-0.2, -0.15) is 0 Å². The first kappa shape index (κ1) is 11.3. The summed E-state index contributed by atoms with van der Waals surface area (Å²) in [6.45, 7) is 0.131. The summed E-state index contributed by atoms with van der Waals surface area (Å²) in [5.74, 6) is -3.72. The van der Waals surface area contributed by atoms with Crippen LogP contribution >= 0.6 is 0 Å². The number of aliphatic carboxylic acids is 1. The van der Waals surface area contributed by atoms with E-state index in [0.29, 0.717) is 6.54 Å². The molecule has 0 radical (unpaired) electrons. The molecule has 82 valence electrons. The Hall–Kier alpha value is -0.750. The number of alkyl halides is 2. The van der Waals surface area contributed by atoms with Gasteiger partial charge >= 0.3 is 5.97 Å². The number of carbonyl (C=O) groups is 1. The highest BCUT2D eigenvalue weighted by molar-refractivity contribution is 5.69. The average molecular weight is 208 g/mol. The zero-order valence-corrected chi connectivity index (χ0v) is 7.96. The molecule has 0 aromatic rings. The second-order valence-corrected chi connectivity index (χ2v) is 3.61. The fourth-order valence-electron chi connectivity index (χ4n) is 1.54. The van der Waals surface area contributed by atoms with E-state index in [2.05, 4.69) is 5.32 Å². The summed E-state index contributed by atoms with van der Waals surface area (Å²) in [6.07, 6.45) is -0.168. The molecule has 0 bridgehead atoms. The number of rotatable bonds is 4. The zero-order valence-electron chi connectivity index (χ0n) is 7.96. The third-order valence-electron chi connectivity index (χ3n) is 2.26. The second-order valence-electron chi connectivity index (χ2n) is 3.61. The van der Waals surface area contributed by atoms with E-state index in [9.17, 15) is 13.6 Å². The van der Waals surface area contributed by atoms with Crippen LogP contribution in [0.25, 0.3) is 0 Å². The van der Waals surface area contributed by atoms with Crippen LogP contribution in [0.3, 0.4) is 0 Å². The van der Waals surface area contributed by atoms with Crippen molar-refractivity contribution in [1.29, 1.82) is 0 Å². The van der Waals surface area contributed by atoms with Crippen molar-refractivity contribution in [2.24, 2.45) is 0 Å². The molecular formula is C8H14F2N2O2. The Labute approximate surface area is 80.9 Å². The highest BCUT2D eigenvalue weighted by atomic mass is 19.3. The zero-order chi connectivity index (χ0) is 10.8. The lowest BCUT2D eigenvalue weighted by Crippen LogP contribution is -2.45. The third-order valence-corrected chi connectivity index (χ3v) is 2.26. The van der Waals surface area contributed by atoms with Gasteiger partial charge in [-0.3, -0.25) is 9.69 Å². The minimum Gasteiger partial charge on any atom is -0.480 e. The number of hydrogen-bond acceptors (Lipinski definition) is 3. The van der Waals surface area contributed by atoms with Crippen LogP contribution in [0.5, 0.6) is 0 Å². The molecule has 14 heavy (non-hydrogen) atoms. The maximum Gasteiger partial charge on any atom is 0.317 e. The van der Waals surface area contributed by atoms with E-state index >= 15 is 0 Å². The van der Waals surface area contributed by atoms with Crippen LogP contribution in [0.15, 0.2) is 0 Å². The first-order valence-corrected chi connectivity index (χ1v) is 4.43.